The highest BCUT2D eigenvalue weighted by Crippen LogP contribution is 2.26. The Balaban J connectivity index is 1.64. The highest BCUT2D eigenvalue weighted by Gasteiger charge is 2.10. The smallest absolute Gasteiger partial charge is 0.321 e. The van der Waals surface area contributed by atoms with Crippen molar-refractivity contribution in [1.82, 2.24) is 20.2 Å². The van der Waals surface area contributed by atoms with Gasteiger partial charge in [-0.1, -0.05) is 18.2 Å². The summed E-state index contributed by atoms with van der Waals surface area (Å²) in [6, 6.07) is 15.1. The molecule has 2 N–H and O–H groups in total. The van der Waals surface area contributed by atoms with E-state index in [2.05, 4.69) is 25.5 Å². The maximum Gasteiger partial charge on any atom is 0.321 e. The van der Waals surface area contributed by atoms with Gasteiger partial charge in [0.1, 0.15) is 5.75 Å². The number of carbonyl (C=O) groups excluding carboxylic acids is 1. The molecule has 3 aromatic rings. The van der Waals surface area contributed by atoms with Gasteiger partial charge in [0, 0.05) is 49.3 Å². The Morgan fingerprint density at radius 2 is 1.87 bits per heavy atom. The number of amides is 1. The minimum Gasteiger partial charge on any atom is -0.424 e. The second-order valence-electron chi connectivity index (χ2n) is 7.25. The van der Waals surface area contributed by atoms with Crippen LogP contribution < -0.4 is 15.4 Å². The van der Waals surface area contributed by atoms with Gasteiger partial charge in [0.25, 0.3) is 5.91 Å². The Hall–Kier alpha value is -3.29. The number of carbonyl (C=O) groups is 1. The number of hydrogen-bond donors (Lipinski definition) is 2. The van der Waals surface area contributed by atoms with Crippen molar-refractivity contribution in [2.24, 2.45) is 0 Å². The summed E-state index contributed by atoms with van der Waals surface area (Å²) in [4.78, 5) is 23.0. The average Bonchev–Trinajstić information content (AvgIpc) is 2.74. The molecule has 3 rings (SSSR count). The number of anilines is 1. The van der Waals surface area contributed by atoms with Crippen molar-refractivity contribution in [2.75, 3.05) is 32.5 Å². The average molecular weight is 406 g/mol. The quantitative estimate of drug-likeness (QED) is 0.531. The van der Waals surface area contributed by atoms with Gasteiger partial charge in [-0.15, -0.1) is 0 Å². The summed E-state index contributed by atoms with van der Waals surface area (Å²) >= 11 is 0. The molecule has 156 valence electrons. The molecule has 1 aromatic heterocycles. The van der Waals surface area contributed by atoms with Gasteiger partial charge in [-0.25, -0.2) is 9.97 Å². The van der Waals surface area contributed by atoms with Crippen molar-refractivity contribution >= 4 is 11.6 Å². The third-order valence-corrected chi connectivity index (χ3v) is 4.44. The van der Waals surface area contributed by atoms with Crippen molar-refractivity contribution in [3.63, 3.8) is 0 Å². The number of hydrogen-bond acceptors (Lipinski definition) is 6. The number of rotatable bonds is 9. The first-order chi connectivity index (χ1) is 14.5. The maximum atomic E-state index is 12.7. The zero-order chi connectivity index (χ0) is 21.3. The summed E-state index contributed by atoms with van der Waals surface area (Å²) in [5.74, 6) is 0.425. The van der Waals surface area contributed by atoms with E-state index in [1.54, 1.807) is 24.5 Å². The Morgan fingerprint density at radius 1 is 1.07 bits per heavy atom. The van der Waals surface area contributed by atoms with Crippen LogP contribution in [0.25, 0.3) is 0 Å². The van der Waals surface area contributed by atoms with Crippen LogP contribution in [-0.4, -0.2) is 48.0 Å². The molecule has 2 aromatic carbocycles. The fourth-order valence-electron chi connectivity index (χ4n) is 2.79. The summed E-state index contributed by atoms with van der Waals surface area (Å²) in [5, 5.41) is 6.32. The van der Waals surface area contributed by atoms with Crippen molar-refractivity contribution in [3.8, 4) is 11.8 Å². The zero-order valence-electron chi connectivity index (χ0n) is 17.6. The molecule has 1 heterocycles. The molecule has 0 unspecified atom stereocenters. The Kier molecular flexibility index (Phi) is 7.48. The van der Waals surface area contributed by atoms with Gasteiger partial charge in [-0.2, -0.15) is 0 Å². The lowest BCUT2D eigenvalue weighted by Crippen LogP contribution is -2.26. The molecule has 0 fully saturated rings. The molecular weight excluding hydrogens is 378 g/mol. The zero-order valence-corrected chi connectivity index (χ0v) is 17.6. The van der Waals surface area contributed by atoms with Gasteiger partial charge >= 0.3 is 6.01 Å². The molecule has 0 saturated heterocycles. The molecule has 30 heavy (non-hydrogen) atoms. The SMILES string of the molecule is Cc1ccc(NC(=O)c2cccc(CNCCN(C)C)c2)cc1Oc1ncccn1. The van der Waals surface area contributed by atoms with Crippen LogP contribution in [0.4, 0.5) is 5.69 Å². The number of aromatic nitrogens is 2. The van der Waals surface area contributed by atoms with Gasteiger partial charge in [0.15, 0.2) is 0 Å². The van der Waals surface area contributed by atoms with Crippen LogP contribution in [0, 0.1) is 6.92 Å². The number of nitrogens with one attached hydrogen (secondary N) is 2. The summed E-state index contributed by atoms with van der Waals surface area (Å²) in [7, 11) is 4.09. The molecule has 0 aliphatic carbocycles. The molecule has 0 bridgehead atoms. The number of likely N-dealkylation sites (N-methyl/N-ethyl adjacent to an activating group) is 1. The van der Waals surface area contributed by atoms with Gasteiger partial charge in [0.05, 0.1) is 0 Å². The summed E-state index contributed by atoms with van der Waals surface area (Å²) < 4.78 is 5.74. The summed E-state index contributed by atoms with van der Waals surface area (Å²) in [6.07, 6.45) is 3.23. The molecule has 1 amide bonds. The van der Waals surface area contributed by atoms with Crippen molar-refractivity contribution in [1.29, 1.82) is 0 Å². The van der Waals surface area contributed by atoms with Crippen LogP contribution in [0.15, 0.2) is 60.9 Å². The molecule has 7 heteroatoms. The summed E-state index contributed by atoms with van der Waals surface area (Å²) in [5.41, 5.74) is 3.24. The van der Waals surface area contributed by atoms with Crippen LogP contribution in [0.3, 0.4) is 0 Å². The Bertz CT molecular complexity index is 976. The van der Waals surface area contributed by atoms with Crippen LogP contribution in [0.1, 0.15) is 21.5 Å². The second kappa shape index (κ2) is 10.5. The van der Waals surface area contributed by atoms with Crippen LogP contribution >= 0.6 is 0 Å². The Morgan fingerprint density at radius 3 is 2.63 bits per heavy atom. The summed E-state index contributed by atoms with van der Waals surface area (Å²) in [6.45, 7) is 4.50. The molecular formula is C23H27N5O2. The van der Waals surface area contributed by atoms with Crippen molar-refractivity contribution < 1.29 is 9.53 Å². The minimum atomic E-state index is -0.170. The predicted octanol–water partition coefficient (Wildman–Crippen LogP) is 3.48. The molecule has 0 aliphatic rings. The number of nitrogens with zero attached hydrogens (tertiary/aromatic N) is 3. The third-order valence-electron chi connectivity index (χ3n) is 4.44. The first-order valence-electron chi connectivity index (χ1n) is 9.82. The van der Waals surface area contributed by atoms with E-state index in [0.29, 0.717) is 23.5 Å². The lowest BCUT2D eigenvalue weighted by Gasteiger charge is -2.12. The molecule has 0 aliphatic heterocycles. The second-order valence-corrected chi connectivity index (χ2v) is 7.25. The lowest BCUT2D eigenvalue weighted by molar-refractivity contribution is 0.102. The normalized spacial score (nSPS) is 10.8. The van der Waals surface area contributed by atoms with Crippen molar-refractivity contribution in [3.05, 3.63) is 77.6 Å². The fourth-order valence-corrected chi connectivity index (χ4v) is 2.79. The largest absolute Gasteiger partial charge is 0.424 e. The molecule has 7 nitrogen and oxygen atoms in total. The molecule has 0 radical (unpaired) electrons. The van der Waals surface area contributed by atoms with E-state index in [9.17, 15) is 4.79 Å². The maximum absolute atomic E-state index is 12.7. The van der Waals surface area contributed by atoms with Crippen LogP contribution in [0.5, 0.6) is 11.8 Å². The van der Waals surface area contributed by atoms with Gasteiger partial charge in [0.2, 0.25) is 0 Å². The Labute approximate surface area is 177 Å². The number of benzene rings is 2. The van der Waals surface area contributed by atoms with Gasteiger partial charge in [-0.05, 0) is 56.4 Å². The first-order valence-corrected chi connectivity index (χ1v) is 9.82. The van der Waals surface area contributed by atoms with Gasteiger partial charge in [-0.3, -0.25) is 4.79 Å². The van der Waals surface area contributed by atoms with E-state index in [0.717, 1.165) is 24.2 Å². The van der Waals surface area contributed by atoms with E-state index in [1.807, 2.05) is 57.4 Å². The molecule has 0 spiro atoms. The minimum absolute atomic E-state index is 0.170. The van der Waals surface area contributed by atoms with E-state index in [-0.39, 0.29) is 11.9 Å². The van der Waals surface area contributed by atoms with Crippen molar-refractivity contribution in [2.45, 2.75) is 13.5 Å². The number of aryl methyl sites for hydroxylation is 1. The highest BCUT2D eigenvalue weighted by atomic mass is 16.5. The lowest BCUT2D eigenvalue weighted by atomic mass is 10.1. The van der Waals surface area contributed by atoms with E-state index < -0.39 is 0 Å². The van der Waals surface area contributed by atoms with E-state index >= 15 is 0 Å². The van der Waals surface area contributed by atoms with Crippen LogP contribution in [-0.2, 0) is 6.54 Å². The molecule has 0 saturated carbocycles. The van der Waals surface area contributed by atoms with E-state index in [1.165, 1.54) is 0 Å². The fraction of sp³-hybridized carbons (Fsp3) is 0.261. The standard InChI is InChI=1S/C23H27N5O2/c1-17-8-9-20(15-21(17)30-23-25-10-5-11-26-23)27-22(29)19-7-4-6-18(14-19)16-24-12-13-28(2)3/h4-11,14-15,24H,12-13,16H2,1-3H3,(H,27,29). The monoisotopic (exact) mass is 405 g/mol. The van der Waals surface area contributed by atoms with Gasteiger partial charge < -0.3 is 20.3 Å². The van der Waals surface area contributed by atoms with Crippen LogP contribution in [0.2, 0.25) is 0 Å². The highest BCUT2D eigenvalue weighted by molar-refractivity contribution is 6.04. The first kappa shape index (κ1) is 21.4. The topological polar surface area (TPSA) is 79.4 Å². The van der Waals surface area contributed by atoms with E-state index in [4.69, 9.17) is 4.74 Å². The third kappa shape index (κ3) is 6.37. The number of ether oxygens (including phenoxy) is 1. The molecule has 0 atom stereocenters. The predicted molar refractivity (Wildman–Crippen MR) is 118 cm³/mol.